The lowest BCUT2D eigenvalue weighted by atomic mass is 10.1. The van der Waals surface area contributed by atoms with Crippen molar-refractivity contribution in [3.05, 3.63) is 76.4 Å². The van der Waals surface area contributed by atoms with Gasteiger partial charge in [-0.2, -0.15) is 5.10 Å². The molecule has 0 spiro atoms. The van der Waals surface area contributed by atoms with E-state index in [0.29, 0.717) is 23.8 Å². The Morgan fingerprint density at radius 1 is 0.889 bits per heavy atom. The second-order valence-corrected chi connectivity index (χ2v) is 8.95. The maximum atomic E-state index is 5.57. The lowest BCUT2D eigenvalue weighted by molar-refractivity contribution is 0.349. The predicted octanol–water partition coefficient (Wildman–Crippen LogP) is 5.76. The number of hydrogen-bond donors (Lipinski definition) is 0. The Balaban J connectivity index is 1.83. The Bertz CT molecular complexity index is 1500. The van der Waals surface area contributed by atoms with E-state index < -0.39 is 0 Å². The molecule has 0 radical (unpaired) electrons. The van der Waals surface area contributed by atoms with E-state index in [4.69, 9.17) is 29.0 Å². The Morgan fingerprint density at radius 3 is 2.28 bits per heavy atom. The average Bonchev–Trinajstić information content (AvgIpc) is 3.32. The number of hydrogen-bond acceptors (Lipinski definition) is 7. The van der Waals surface area contributed by atoms with Crippen molar-refractivity contribution >= 4 is 28.3 Å². The smallest absolute Gasteiger partial charge is 0.206 e. The molecule has 3 aromatic carbocycles. The van der Waals surface area contributed by atoms with Gasteiger partial charge in [0, 0.05) is 22.6 Å². The molecular formula is C28H29N3O4S. The van der Waals surface area contributed by atoms with Crippen molar-refractivity contribution in [2.75, 3.05) is 35.0 Å². The van der Waals surface area contributed by atoms with E-state index in [0.717, 1.165) is 43.7 Å². The van der Waals surface area contributed by atoms with Gasteiger partial charge in [-0.1, -0.05) is 30.4 Å². The summed E-state index contributed by atoms with van der Waals surface area (Å²) in [5.41, 5.74) is 3.67. The topological polar surface area (TPSA) is 66.6 Å². The fourth-order valence-corrected chi connectivity index (χ4v) is 4.54. The zero-order chi connectivity index (χ0) is 25.7. The molecule has 0 saturated heterocycles. The zero-order valence-electron chi connectivity index (χ0n) is 21.1. The first kappa shape index (κ1) is 25.1. The molecule has 0 saturated carbocycles. The number of benzene rings is 3. The third-order valence-corrected chi connectivity index (χ3v) is 6.41. The van der Waals surface area contributed by atoms with Crippen LogP contribution in [0.5, 0.6) is 23.0 Å². The Kier molecular flexibility index (Phi) is 7.75. The predicted molar refractivity (Wildman–Crippen MR) is 146 cm³/mol. The van der Waals surface area contributed by atoms with Crippen LogP contribution in [0, 0.1) is 0 Å². The lowest BCUT2D eigenvalue weighted by Crippen LogP contribution is -2.13. The van der Waals surface area contributed by atoms with Crippen LogP contribution in [0.4, 0.5) is 0 Å². The minimum Gasteiger partial charge on any atom is -0.497 e. The van der Waals surface area contributed by atoms with Crippen molar-refractivity contribution in [2.45, 2.75) is 6.92 Å². The second kappa shape index (κ2) is 11.1. The number of thiazole rings is 1. The standard InChI is InChI=1S/C28H29N3O4S/c1-18(2)15-29-28-31(30-16-22-13-26(34-5)27(35-6)14-25(22)33-4)24(17-36-28)21-8-7-20-12-23(32-3)10-9-19(20)11-21/h7-14,16-17H,1,15H2,2-6H3. The molecule has 8 heteroatoms. The van der Waals surface area contributed by atoms with Gasteiger partial charge in [0.1, 0.15) is 11.5 Å². The molecule has 0 aliphatic rings. The van der Waals surface area contributed by atoms with Crippen LogP contribution < -0.4 is 23.7 Å². The van der Waals surface area contributed by atoms with E-state index in [2.05, 4.69) is 36.2 Å². The van der Waals surface area contributed by atoms with Gasteiger partial charge in [0.05, 0.1) is 46.9 Å². The van der Waals surface area contributed by atoms with Gasteiger partial charge in [-0.25, -0.2) is 4.68 Å². The fourth-order valence-electron chi connectivity index (χ4n) is 3.70. The Labute approximate surface area is 214 Å². The highest BCUT2D eigenvalue weighted by Gasteiger charge is 2.12. The second-order valence-electron chi connectivity index (χ2n) is 8.11. The van der Waals surface area contributed by atoms with Crippen molar-refractivity contribution in [2.24, 2.45) is 10.1 Å². The molecule has 186 valence electrons. The summed E-state index contributed by atoms with van der Waals surface area (Å²) in [6.45, 7) is 6.45. The van der Waals surface area contributed by atoms with E-state index in [1.165, 1.54) is 11.3 Å². The van der Waals surface area contributed by atoms with Crippen molar-refractivity contribution in [3.8, 4) is 34.3 Å². The molecule has 4 aromatic rings. The molecule has 0 N–H and O–H groups in total. The van der Waals surface area contributed by atoms with Gasteiger partial charge in [0.25, 0.3) is 0 Å². The number of methoxy groups -OCH3 is 4. The van der Waals surface area contributed by atoms with Gasteiger partial charge in [-0.05, 0) is 42.0 Å². The third-order valence-electron chi connectivity index (χ3n) is 5.56. The highest BCUT2D eigenvalue weighted by atomic mass is 32.1. The number of aromatic nitrogens is 1. The summed E-state index contributed by atoms with van der Waals surface area (Å²) in [7, 11) is 6.47. The van der Waals surface area contributed by atoms with E-state index in [9.17, 15) is 0 Å². The number of rotatable bonds is 9. The van der Waals surface area contributed by atoms with Crippen molar-refractivity contribution in [3.63, 3.8) is 0 Å². The molecule has 4 rings (SSSR count). The third kappa shape index (κ3) is 5.28. The summed E-state index contributed by atoms with van der Waals surface area (Å²) in [6, 6.07) is 16.0. The Hall–Kier alpha value is -4.04. The highest BCUT2D eigenvalue weighted by Crippen LogP contribution is 2.34. The van der Waals surface area contributed by atoms with E-state index in [1.807, 2.05) is 29.8 Å². The van der Waals surface area contributed by atoms with Crippen LogP contribution in [-0.2, 0) is 0 Å². The van der Waals surface area contributed by atoms with Crippen LogP contribution in [0.3, 0.4) is 0 Å². The van der Waals surface area contributed by atoms with Crippen LogP contribution >= 0.6 is 11.3 Å². The van der Waals surface area contributed by atoms with Gasteiger partial charge >= 0.3 is 0 Å². The van der Waals surface area contributed by atoms with Crippen molar-refractivity contribution in [1.29, 1.82) is 0 Å². The lowest BCUT2D eigenvalue weighted by Gasteiger charge is -2.12. The molecular weight excluding hydrogens is 474 g/mol. The molecule has 0 fully saturated rings. The molecule has 0 unspecified atom stereocenters. The van der Waals surface area contributed by atoms with Gasteiger partial charge in [0.15, 0.2) is 11.5 Å². The molecule has 0 bridgehead atoms. The maximum Gasteiger partial charge on any atom is 0.206 e. The summed E-state index contributed by atoms with van der Waals surface area (Å²) in [5.74, 6) is 2.62. The van der Waals surface area contributed by atoms with Crippen LogP contribution in [-0.4, -0.2) is 45.9 Å². The molecule has 1 heterocycles. The van der Waals surface area contributed by atoms with Crippen molar-refractivity contribution < 1.29 is 18.9 Å². The largest absolute Gasteiger partial charge is 0.497 e. The molecule has 0 aliphatic carbocycles. The minimum absolute atomic E-state index is 0.521. The first-order valence-electron chi connectivity index (χ1n) is 11.2. The zero-order valence-corrected chi connectivity index (χ0v) is 21.9. The van der Waals surface area contributed by atoms with Gasteiger partial charge < -0.3 is 18.9 Å². The molecule has 0 atom stereocenters. The maximum absolute atomic E-state index is 5.57. The summed E-state index contributed by atoms with van der Waals surface area (Å²) < 4.78 is 23.6. The number of nitrogens with zero attached hydrogens (tertiary/aromatic N) is 3. The van der Waals surface area contributed by atoms with Gasteiger partial charge in [-0.3, -0.25) is 4.99 Å². The quantitative estimate of drug-likeness (QED) is 0.215. The molecule has 1 aromatic heterocycles. The van der Waals surface area contributed by atoms with Gasteiger partial charge in [-0.15, -0.1) is 11.3 Å². The van der Waals surface area contributed by atoms with E-state index >= 15 is 0 Å². The van der Waals surface area contributed by atoms with Crippen LogP contribution in [0.2, 0.25) is 0 Å². The average molecular weight is 504 g/mol. The summed E-state index contributed by atoms with van der Waals surface area (Å²) >= 11 is 1.53. The summed E-state index contributed by atoms with van der Waals surface area (Å²) in [4.78, 5) is 5.49. The molecule has 36 heavy (non-hydrogen) atoms. The van der Waals surface area contributed by atoms with Crippen LogP contribution in [0.25, 0.3) is 22.0 Å². The molecule has 0 aliphatic heterocycles. The Morgan fingerprint density at radius 2 is 1.58 bits per heavy atom. The SMILES string of the molecule is C=C(C)CN=c1scc(-c2ccc3cc(OC)ccc3c2)n1N=Cc1cc(OC)c(OC)cc1OC. The summed E-state index contributed by atoms with van der Waals surface area (Å²) in [5, 5.41) is 9.09. The van der Waals surface area contributed by atoms with E-state index in [1.54, 1.807) is 40.7 Å². The van der Waals surface area contributed by atoms with Gasteiger partial charge in [0.2, 0.25) is 4.80 Å². The van der Waals surface area contributed by atoms with Crippen molar-refractivity contribution in [1.82, 2.24) is 4.68 Å². The van der Waals surface area contributed by atoms with Crippen LogP contribution in [0.15, 0.2) is 76.2 Å². The highest BCUT2D eigenvalue weighted by molar-refractivity contribution is 7.07. The minimum atomic E-state index is 0.521. The normalized spacial score (nSPS) is 11.8. The monoisotopic (exact) mass is 503 g/mol. The summed E-state index contributed by atoms with van der Waals surface area (Å²) in [6.07, 6.45) is 1.74. The molecule has 0 amide bonds. The van der Waals surface area contributed by atoms with E-state index in [-0.39, 0.29) is 0 Å². The van der Waals surface area contributed by atoms with Crippen LogP contribution in [0.1, 0.15) is 12.5 Å². The number of fused-ring (bicyclic) bond motifs is 1. The first-order chi connectivity index (χ1) is 17.5. The molecule has 7 nitrogen and oxygen atoms in total. The fraction of sp³-hybridized carbons (Fsp3) is 0.214. The first-order valence-corrected chi connectivity index (χ1v) is 12.1. The number of ether oxygens (including phenoxy) is 4.